The molecule has 1 unspecified atom stereocenters. The fourth-order valence-corrected chi connectivity index (χ4v) is 4.38. The maximum Gasteiger partial charge on any atom is 0.0934 e. The normalized spacial score (nSPS) is 17.4. The summed E-state index contributed by atoms with van der Waals surface area (Å²) in [6.07, 6.45) is 2.29. The quantitative estimate of drug-likeness (QED) is 0.644. The second kappa shape index (κ2) is 4.80. The van der Waals surface area contributed by atoms with Crippen LogP contribution in [-0.4, -0.2) is 0 Å². The molecule has 1 aliphatic carbocycles. The molecule has 1 heterocycles. The maximum absolute atomic E-state index is 6.13. The molecule has 0 radical (unpaired) electrons. The predicted molar refractivity (Wildman–Crippen MR) is 88.0 cm³/mol. The van der Waals surface area contributed by atoms with Gasteiger partial charge < -0.3 is 5.32 Å². The summed E-state index contributed by atoms with van der Waals surface area (Å²) in [7, 11) is 0. The third-order valence-electron chi connectivity index (χ3n) is 3.97. The van der Waals surface area contributed by atoms with Gasteiger partial charge in [-0.1, -0.05) is 48.0 Å². The lowest BCUT2D eigenvalue weighted by Gasteiger charge is -2.16. The highest BCUT2D eigenvalue weighted by molar-refractivity contribution is 7.16. The Morgan fingerprint density at radius 1 is 1.10 bits per heavy atom. The van der Waals surface area contributed by atoms with Gasteiger partial charge in [-0.3, -0.25) is 0 Å². The molecule has 0 saturated heterocycles. The van der Waals surface area contributed by atoms with Crippen molar-refractivity contribution in [2.45, 2.75) is 18.9 Å². The Kier molecular flexibility index (Phi) is 2.94. The van der Waals surface area contributed by atoms with Crippen LogP contribution in [0.4, 0.5) is 5.69 Å². The predicted octanol–water partition coefficient (Wildman–Crippen LogP) is 5.65. The molecule has 0 aliphatic heterocycles. The molecule has 100 valence electrons. The zero-order chi connectivity index (χ0) is 13.5. The van der Waals surface area contributed by atoms with Crippen LogP contribution in [0, 0.1) is 0 Å². The van der Waals surface area contributed by atoms with Crippen molar-refractivity contribution in [2.75, 3.05) is 5.32 Å². The molecule has 20 heavy (non-hydrogen) atoms. The van der Waals surface area contributed by atoms with Gasteiger partial charge in [0.1, 0.15) is 0 Å². The number of nitrogens with one attached hydrogen (secondary N) is 1. The minimum atomic E-state index is 0.388. The van der Waals surface area contributed by atoms with E-state index in [9.17, 15) is 0 Å². The zero-order valence-electron chi connectivity index (χ0n) is 10.9. The number of benzene rings is 2. The van der Waals surface area contributed by atoms with Gasteiger partial charge in [0, 0.05) is 16.0 Å². The second-order valence-corrected chi connectivity index (χ2v) is 6.96. The van der Waals surface area contributed by atoms with Gasteiger partial charge in [-0.05, 0) is 35.9 Å². The molecule has 0 saturated carbocycles. The van der Waals surface area contributed by atoms with Crippen molar-refractivity contribution in [1.82, 2.24) is 0 Å². The van der Waals surface area contributed by atoms with Crippen LogP contribution < -0.4 is 5.32 Å². The monoisotopic (exact) mass is 299 g/mol. The SMILES string of the molecule is Clc1cc2c(s1)CCC2Nc1cccc2ccccc12. The second-order valence-electron chi connectivity index (χ2n) is 5.19. The van der Waals surface area contributed by atoms with E-state index in [0.29, 0.717) is 6.04 Å². The van der Waals surface area contributed by atoms with Crippen LogP contribution in [0.5, 0.6) is 0 Å². The summed E-state index contributed by atoms with van der Waals surface area (Å²) in [6, 6.07) is 17.4. The van der Waals surface area contributed by atoms with Crippen molar-refractivity contribution in [3.63, 3.8) is 0 Å². The number of hydrogen-bond acceptors (Lipinski definition) is 2. The van der Waals surface area contributed by atoms with Crippen LogP contribution >= 0.6 is 22.9 Å². The molecule has 1 nitrogen and oxygen atoms in total. The first-order valence-corrected chi connectivity index (χ1v) is 8.03. The Bertz CT molecular complexity index is 772. The molecule has 1 N–H and O–H groups in total. The van der Waals surface area contributed by atoms with E-state index < -0.39 is 0 Å². The van der Waals surface area contributed by atoms with Crippen LogP contribution in [0.3, 0.4) is 0 Å². The van der Waals surface area contributed by atoms with Gasteiger partial charge in [0.05, 0.1) is 10.4 Å². The van der Waals surface area contributed by atoms with Gasteiger partial charge in [-0.15, -0.1) is 11.3 Å². The minimum absolute atomic E-state index is 0.388. The van der Waals surface area contributed by atoms with Crippen molar-refractivity contribution in [1.29, 1.82) is 0 Å². The summed E-state index contributed by atoms with van der Waals surface area (Å²) in [5, 5.41) is 6.26. The van der Waals surface area contributed by atoms with E-state index in [4.69, 9.17) is 11.6 Å². The van der Waals surface area contributed by atoms with Crippen LogP contribution in [-0.2, 0) is 6.42 Å². The molecule has 4 rings (SSSR count). The molecule has 0 amide bonds. The molecule has 1 atom stereocenters. The molecule has 1 aliphatic rings. The molecule has 0 bridgehead atoms. The molecule has 3 aromatic rings. The van der Waals surface area contributed by atoms with E-state index in [2.05, 4.69) is 53.8 Å². The van der Waals surface area contributed by atoms with E-state index in [1.54, 1.807) is 11.3 Å². The largest absolute Gasteiger partial charge is 0.378 e. The number of hydrogen-bond donors (Lipinski definition) is 1. The zero-order valence-corrected chi connectivity index (χ0v) is 12.5. The average molecular weight is 300 g/mol. The number of fused-ring (bicyclic) bond motifs is 2. The van der Waals surface area contributed by atoms with E-state index in [0.717, 1.165) is 17.2 Å². The highest BCUT2D eigenvalue weighted by Gasteiger charge is 2.25. The first-order valence-electron chi connectivity index (χ1n) is 6.84. The maximum atomic E-state index is 6.13. The number of rotatable bonds is 2. The smallest absolute Gasteiger partial charge is 0.0934 e. The van der Waals surface area contributed by atoms with Crippen LogP contribution in [0.15, 0.2) is 48.5 Å². The van der Waals surface area contributed by atoms with E-state index >= 15 is 0 Å². The van der Waals surface area contributed by atoms with Crippen LogP contribution in [0.25, 0.3) is 10.8 Å². The summed E-state index contributed by atoms with van der Waals surface area (Å²) >= 11 is 7.85. The minimum Gasteiger partial charge on any atom is -0.378 e. The Hall–Kier alpha value is -1.51. The van der Waals surface area contributed by atoms with Crippen molar-refractivity contribution in [3.05, 3.63) is 63.3 Å². The topological polar surface area (TPSA) is 12.0 Å². The molecule has 1 aromatic heterocycles. The van der Waals surface area contributed by atoms with Crippen LogP contribution in [0.2, 0.25) is 4.34 Å². The molecule has 0 fully saturated rings. The molecular weight excluding hydrogens is 286 g/mol. The lowest BCUT2D eigenvalue weighted by atomic mass is 10.1. The van der Waals surface area contributed by atoms with Crippen molar-refractivity contribution in [2.24, 2.45) is 0 Å². The highest BCUT2D eigenvalue weighted by atomic mass is 35.5. The standard InChI is InChI=1S/C17H14ClNS/c18-17-10-13-15(8-9-16(13)20-17)19-14-7-3-5-11-4-1-2-6-12(11)14/h1-7,10,15,19H,8-9H2. The number of aryl methyl sites for hydroxylation is 1. The summed E-state index contributed by atoms with van der Waals surface area (Å²) in [5.41, 5.74) is 2.59. The Morgan fingerprint density at radius 2 is 1.95 bits per heavy atom. The Labute approximate surface area is 127 Å². The number of anilines is 1. The van der Waals surface area contributed by atoms with E-state index in [1.807, 2.05) is 0 Å². The van der Waals surface area contributed by atoms with E-state index in [1.165, 1.54) is 26.9 Å². The van der Waals surface area contributed by atoms with Crippen molar-refractivity contribution in [3.8, 4) is 0 Å². The molecule has 3 heteroatoms. The average Bonchev–Trinajstić information content (AvgIpc) is 3.00. The van der Waals surface area contributed by atoms with E-state index in [-0.39, 0.29) is 0 Å². The Morgan fingerprint density at radius 3 is 2.90 bits per heavy atom. The first kappa shape index (κ1) is 12.2. The highest BCUT2D eigenvalue weighted by Crippen LogP contribution is 2.41. The summed E-state index contributed by atoms with van der Waals surface area (Å²) in [5.74, 6) is 0. The third kappa shape index (κ3) is 2.00. The molecule has 2 aromatic carbocycles. The van der Waals surface area contributed by atoms with Crippen molar-refractivity contribution >= 4 is 39.4 Å². The van der Waals surface area contributed by atoms with Crippen LogP contribution in [0.1, 0.15) is 22.9 Å². The number of halogens is 1. The summed E-state index contributed by atoms with van der Waals surface area (Å²) in [6.45, 7) is 0. The van der Waals surface area contributed by atoms with Gasteiger partial charge >= 0.3 is 0 Å². The van der Waals surface area contributed by atoms with Gasteiger partial charge in [0.25, 0.3) is 0 Å². The molecule has 0 spiro atoms. The number of thiophene rings is 1. The van der Waals surface area contributed by atoms with Gasteiger partial charge in [0.2, 0.25) is 0 Å². The lowest BCUT2D eigenvalue weighted by Crippen LogP contribution is -2.06. The first-order chi connectivity index (χ1) is 9.81. The lowest BCUT2D eigenvalue weighted by molar-refractivity contribution is 0.763. The third-order valence-corrected chi connectivity index (χ3v) is 5.31. The molecular formula is C17H14ClNS. The van der Waals surface area contributed by atoms with Gasteiger partial charge in [-0.2, -0.15) is 0 Å². The fourth-order valence-electron chi connectivity index (χ4n) is 3.02. The van der Waals surface area contributed by atoms with Crippen molar-refractivity contribution < 1.29 is 0 Å². The van der Waals surface area contributed by atoms with Gasteiger partial charge in [-0.25, -0.2) is 0 Å². The fraction of sp³-hybridized carbons (Fsp3) is 0.176. The summed E-state index contributed by atoms with van der Waals surface area (Å²) < 4.78 is 0.902. The van der Waals surface area contributed by atoms with Gasteiger partial charge in [0.15, 0.2) is 0 Å². The summed E-state index contributed by atoms with van der Waals surface area (Å²) in [4.78, 5) is 1.44. The Balaban J connectivity index is 1.72.